The van der Waals surface area contributed by atoms with Gasteiger partial charge in [0.15, 0.2) is 5.82 Å². The zero-order valence-electron chi connectivity index (χ0n) is 11.8. The molecule has 1 saturated heterocycles. The minimum atomic E-state index is 0.631. The van der Waals surface area contributed by atoms with Gasteiger partial charge in [0.1, 0.15) is 0 Å². The van der Waals surface area contributed by atoms with Gasteiger partial charge in [-0.3, -0.25) is 4.90 Å². The van der Waals surface area contributed by atoms with Crippen LogP contribution in [0.4, 0.5) is 0 Å². The zero-order valence-corrected chi connectivity index (χ0v) is 11.8. The van der Waals surface area contributed by atoms with Crippen LogP contribution in [0.3, 0.4) is 0 Å². The molecule has 1 aliphatic carbocycles. The number of likely N-dealkylation sites (tertiary alicyclic amines) is 1. The van der Waals surface area contributed by atoms with E-state index in [0.717, 1.165) is 43.8 Å². The van der Waals surface area contributed by atoms with Crippen molar-refractivity contribution in [3.63, 3.8) is 0 Å². The summed E-state index contributed by atoms with van der Waals surface area (Å²) in [6.45, 7) is 5.13. The van der Waals surface area contributed by atoms with E-state index in [9.17, 15) is 0 Å². The lowest BCUT2D eigenvalue weighted by atomic mass is 10.0. The van der Waals surface area contributed by atoms with Crippen LogP contribution in [0.2, 0.25) is 0 Å². The van der Waals surface area contributed by atoms with Gasteiger partial charge in [0.05, 0.1) is 6.54 Å². The van der Waals surface area contributed by atoms with Crippen molar-refractivity contribution < 1.29 is 4.52 Å². The van der Waals surface area contributed by atoms with Gasteiger partial charge in [0.25, 0.3) is 0 Å². The van der Waals surface area contributed by atoms with E-state index >= 15 is 0 Å². The number of piperidine rings is 1. The molecular weight excluding hydrogens is 240 g/mol. The molecule has 0 aromatic carbocycles. The molecule has 5 nitrogen and oxygen atoms in total. The molecule has 1 unspecified atom stereocenters. The van der Waals surface area contributed by atoms with Crippen molar-refractivity contribution in [3.8, 4) is 0 Å². The lowest BCUT2D eigenvalue weighted by Gasteiger charge is -2.34. The Morgan fingerprint density at radius 1 is 1.32 bits per heavy atom. The highest BCUT2D eigenvalue weighted by Gasteiger charge is 2.27. The van der Waals surface area contributed by atoms with Gasteiger partial charge in [-0.2, -0.15) is 4.98 Å². The molecule has 1 aromatic rings. The van der Waals surface area contributed by atoms with Gasteiger partial charge in [0, 0.05) is 25.0 Å². The normalized spacial score (nSPS) is 24.8. The average molecular weight is 264 g/mol. The minimum absolute atomic E-state index is 0.631. The molecule has 106 valence electrons. The number of nitrogens with one attached hydrogen (secondary N) is 1. The van der Waals surface area contributed by atoms with Crippen LogP contribution in [-0.4, -0.2) is 40.2 Å². The Morgan fingerprint density at radius 2 is 2.21 bits per heavy atom. The SMILES string of the molecule is CCc1noc(CN2CCCCC2CNC2CC2)n1. The molecule has 1 aromatic heterocycles. The number of aromatic nitrogens is 2. The molecule has 1 aliphatic heterocycles. The molecule has 3 rings (SSSR count). The summed E-state index contributed by atoms with van der Waals surface area (Å²) in [5.41, 5.74) is 0. The number of aryl methyl sites for hydroxylation is 1. The van der Waals surface area contributed by atoms with Crippen LogP contribution < -0.4 is 5.32 Å². The maximum Gasteiger partial charge on any atom is 0.240 e. The Morgan fingerprint density at radius 3 is 2.95 bits per heavy atom. The van der Waals surface area contributed by atoms with Crippen molar-refractivity contribution in [2.75, 3.05) is 13.1 Å². The Labute approximate surface area is 114 Å². The van der Waals surface area contributed by atoms with E-state index in [0.29, 0.717) is 6.04 Å². The summed E-state index contributed by atoms with van der Waals surface area (Å²) in [5.74, 6) is 1.59. The smallest absolute Gasteiger partial charge is 0.240 e. The average Bonchev–Trinajstić information content (AvgIpc) is 3.16. The van der Waals surface area contributed by atoms with Gasteiger partial charge >= 0.3 is 0 Å². The maximum absolute atomic E-state index is 5.32. The number of nitrogens with zero attached hydrogens (tertiary/aromatic N) is 3. The first-order valence-electron chi connectivity index (χ1n) is 7.64. The van der Waals surface area contributed by atoms with Crippen LogP contribution in [-0.2, 0) is 13.0 Å². The fraction of sp³-hybridized carbons (Fsp3) is 0.857. The third kappa shape index (κ3) is 3.54. The van der Waals surface area contributed by atoms with Crippen molar-refractivity contribution in [2.24, 2.45) is 0 Å². The van der Waals surface area contributed by atoms with E-state index in [-0.39, 0.29) is 0 Å². The molecule has 0 radical (unpaired) electrons. The maximum atomic E-state index is 5.32. The third-order valence-corrected chi connectivity index (χ3v) is 4.13. The Kier molecular flexibility index (Phi) is 4.13. The second-order valence-corrected chi connectivity index (χ2v) is 5.76. The molecule has 1 N–H and O–H groups in total. The van der Waals surface area contributed by atoms with Gasteiger partial charge in [-0.05, 0) is 32.2 Å². The number of rotatable bonds is 6. The van der Waals surface area contributed by atoms with E-state index in [1.54, 1.807) is 0 Å². The lowest BCUT2D eigenvalue weighted by molar-refractivity contribution is 0.121. The number of hydrogen-bond acceptors (Lipinski definition) is 5. The first-order valence-corrected chi connectivity index (χ1v) is 7.64. The summed E-state index contributed by atoms with van der Waals surface area (Å²) in [4.78, 5) is 6.93. The van der Waals surface area contributed by atoms with Crippen LogP contribution in [0.25, 0.3) is 0 Å². The predicted molar refractivity (Wildman–Crippen MR) is 72.7 cm³/mol. The predicted octanol–water partition coefficient (Wildman–Crippen LogP) is 1.74. The molecular formula is C14H24N4O. The monoisotopic (exact) mass is 264 g/mol. The Balaban J connectivity index is 1.55. The quantitative estimate of drug-likeness (QED) is 0.848. The van der Waals surface area contributed by atoms with Gasteiger partial charge in [-0.1, -0.05) is 18.5 Å². The van der Waals surface area contributed by atoms with Gasteiger partial charge in [-0.25, -0.2) is 0 Å². The number of hydrogen-bond donors (Lipinski definition) is 1. The first-order chi connectivity index (χ1) is 9.35. The van der Waals surface area contributed by atoms with E-state index in [1.807, 2.05) is 0 Å². The highest BCUT2D eigenvalue weighted by Crippen LogP contribution is 2.22. The van der Waals surface area contributed by atoms with Gasteiger partial charge in [0.2, 0.25) is 5.89 Å². The third-order valence-electron chi connectivity index (χ3n) is 4.13. The van der Waals surface area contributed by atoms with E-state index in [2.05, 4.69) is 27.3 Å². The van der Waals surface area contributed by atoms with Crippen LogP contribution in [0.15, 0.2) is 4.52 Å². The highest BCUT2D eigenvalue weighted by molar-refractivity contribution is 4.90. The topological polar surface area (TPSA) is 54.2 Å². The van der Waals surface area contributed by atoms with Crippen LogP contribution >= 0.6 is 0 Å². The molecule has 1 atom stereocenters. The van der Waals surface area contributed by atoms with Crippen LogP contribution in [0.5, 0.6) is 0 Å². The zero-order chi connectivity index (χ0) is 13.1. The van der Waals surface area contributed by atoms with Crippen molar-refractivity contribution >= 4 is 0 Å². The summed E-state index contributed by atoms with van der Waals surface area (Å²) < 4.78 is 5.32. The van der Waals surface area contributed by atoms with Gasteiger partial charge < -0.3 is 9.84 Å². The standard InChI is InChI=1S/C14H24N4O/c1-2-13-16-14(19-17-13)10-18-8-4-3-5-12(18)9-15-11-6-7-11/h11-12,15H,2-10H2,1H3. The van der Waals surface area contributed by atoms with Gasteiger partial charge in [-0.15, -0.1) is 0 Å². The van der Waals surface area contributed by atoms with E-state index in [4.69, 9.17) is 4.52 Å². The molecule has 2 aliphatic rings. The van der Waals surface area contributed by atoms with E-state index < -0.39 is 0 Å². The Bertz CT molecular complexity index is 402. The molecule has 19 heavy (non-hydrogen) atoms. The molecule has 0 spiro atoms. The molecule has 5 heteroatoms. The summed E-state index contributed by atoms with van der Waals surface area (Å²) >= 11 is 0. The molecule has 0 amide bonds. The second-order valence-electron chi connectivity index (χ2n) is 5.76. The summed E-state index contributed by atoms with van der Waals surface area (Å²) in [5, 5.41) is 7.63. The minimum Gasteiger partial charge on any atom is -0.338 e. The molecule has 2 heterocycles. The molecule has 0 bridgehead atoms. The first kappa shape index (κ1) is 13.1. The largest absolute Gasteiger partial charge is 0.338 e. The summed E-state index contributed by atoms with van der Waals surface area (Å²) in [6.07, 6.45) is 7.48. The fourth-order valence-corrected chi connectivity index (χ4v) is 2.76. The van der Waals surface area contributed by atoms with Crippen molar-refractivity contribution in [1.82, 2.24) is 20.4 Å². The van der Waals surface area contributed by atoms with Crippen molar-refractivity contribution in [1.29, 1.82) is 0 Å². The molecule has 1 saturated carbocycles. The van der Waals surface area contributed by atoms with Crippen molar-refractivity contribution in [3.05, 3.63) is 11.7 Å². The Hall–Kier alpha value is -0.940. The summed E-state index contributed by atoms with van der Waals surface area (Å²) in [7, 11) is 0. The van der Waals surface area contributed by atoms with Crippen molar-refractivity contribution in [2.45, 2.75) is 64.1 Å². The lowest BCUT2D eigenvalue weighted by Crippen LogP contribution is -2.45. The van der Waals surface area contributed by atoms with Crippen LogP contribution in [0.1, 0.15) is 50.7 Å². The summed E-state index contributed by atoms with van der Waals surface area (Å²) in [6, 6.07) is 1.42. The fourth-order valence-electron chi connectivity index (χ4n) is 2.76. The van der Waals surface area contributed by atoms with E-state index in [1.165, 1.54) is 32.1 Å². The highest BCUT2D eigenvalue weighted by atomic mass is 16.5. The van der Waals surface area contributed by atoms with Crippen LogP contribution in [0, 0.1) is 0 Å². The molecule has 2 fully saturated rings. The second kappa shape index (κ2) is 6.01.